The van der Waals surface area contributed by atoms with Gasteiger partial charge in [0.25, 0.3) is 5.91 Å². The van der Waals surface area contributed by atoms with Gasteiger partial charge in [-0.3, -0.25) is 19.5 Å². The maximum Gasteiger partial charge on any atom is 0.416 e. The van der Waals surface area contributed by atoms with Gasteiger partial charge in [-0.05, 0) is 57.5 Å². The number of rotatable bonds is 9. The van der Waals surface area contributed by atoms with E-state index in [1.54, 1.807) is 30.9 Å². The lowest BCUT2D eigenvalue weighted by Gasteiger charge is -2.34. The molecule has 1 aromatic heterocycles. The summed E-state index contributed by atoms with van der Waals surface area (Å²) in [6, 6.07) is 3.21. The SMILES string of the molecule is C=C(CCC)N(C)N.CC.CCc1c(N2CCN(C(=O)c3[nH]nc(C)c3O)CC2)c1=O.CNCC(=O)Nc1ccc(C(F)(F)F)cc1C. The molecular weight excluding hydrogens is 629 g/mol. The Morgan fingerprint density at radius 1 is 1.15 bits per heavy atom. The molecule has 2 amide bonds. The predicted molar refractivity (Wildman–Crippen MR) is 184 cm³/mol. The van der Waals surface area contributed by atoms with Crippen LogP contribution in [-0.4, -0.2) is 83.8 Å². The Balaban J connectivity index is 0.000000383. The van der Waals surface area contributed by atoms with Crippen LogP contribution in [0.4, 0.5) is 24.5 Å². The van der Waals surface area contributed by atoms with Crippen molar-refractivity contribution in [2.75, 3.05) is 57.0 Å². The van der Waals surface area contributed by atoms with Gasteiger partial charge in [0.15, 0.2) is 11.4 Å². The van der Waals surface area contributed by atoms with Crippen molar-refractivity contribution in [1.29, 1.82) is 0 Å². The Morgan fingerprint density at radius 3 is 2.15 bits per heavy atom. The van der Waals surface area contributed by atoms with E-state index >= 15 is 0 Å². The Kier molecular flexibility index (Phi) is 16.9. The second-order valence-corrected chi connectivity index (χ2v) is 10.9. The van der Waals surface area contributed by atoms with Gasteiger partial charge in [-0.25, -0.2) is 5.84 Å². The first-order chi connectivity index (χ1) is 22.6. The zero-order chi connectivity index (χ0) is 36.8. The second kappa shape index (κ2) is 19.5. The molecule has 2 aromatic carbocycles. The van der Waals surface area contributed by atoms with Gasteiger partial charge in [-0.15, -0.1) is 0 Å². The smallest absolute Gasteiger partial charge is 0.416 e. The Bertz CT molecular complexity index is 1480. The fraction of sp³-hybridized carbons (Fsp3) is 0.515. The van der Waals surface area contributed by atoms with Crippen LogP contribution in [0, 0.1) is 13.8 Å². The minimum Gasteiger partial charge on any atom is -0.504 e. The number of alkyl halides is 3. The van der Waals surface area contributed by atoms with Crippen LogP contribution in [-0.2, 0) is 17.4 Å². The van der Waals surface area contributed by atoms with Gasteiger partial charge in [0.1, 0.15) is 5.69 Å². The number of benzene rings is 1. The van der Waals surface area contributed by atoms with E-state index in [9.17, 15) is 32.7 Å². The Labute approximate surface area is 280 Å². The number of nitrogens with zero attached hydrogens (tertiary/aromatic N) is 4. The summed E-state index contributed by atoms with van der Waals surface area (Å²) in [7, 11) is 3.41. The van der Waals surface area contributed by atoms with Crippen molar-refractivity contribution < 1.29 is 27.9 Å². The van der Waals surface area contributed by atoms with Gasteiger partial charge in [0, 0.05) is 50.2 Å². The molecule has 12 nitrogen and oxygen atoms in total. The van der Waals surface area contributed by atoms with Crippen molar-refractivity contribution in [1.82, 2.24) is 25.4 Å². The number of nitrogens with one attached hydrogen (secondary N) is 3. The number of carbonyl (C=O) groups excluding carboxylic acids is 2. The summed E-state index contributed by atoms with van der Waals surface area (Å²) < 4.78 is 37.2. The average Bonchev–Trinajstić information content (AvgIpc) is 3.59. The maximum absolute atomic E-state index is 12.4. The number of H-pyrrole nitrogens is 1. The molecule has 4 rings (SSSR count). The zero-order valence-corrected chi connectivity index (χ0v) is 29.3. The van der Waals surface area contributed by atoms with Crippen LogP contribution in [0.15, 0.2) is 35.3 Å². The van der Waals surface area contributed by atoms with Crippen LogP contribution in [0.1, 0.15) is 73.4 Å². The summed E-state index contributed by atoms with van der Waals surface area (Å²) in [5.41, 5.74) is 3.51. The molecule has 0 radical (unpaired) electrons. The number of nitrogens with two attached hydrogens (primary N) is 1. The number of piperazine rings is 1. The van der Waals surface area contributed by atoms with Crippen molar-refractivity contribution in [3.05, 3.63) is 68.8 Å². The van der Waals surface area contributed by atoms with Crippen LogP contribution in [0.3, 0.4) is 0 Å². The number of likely N-dealkylation sites (N-methyl/N-ethyl adjacent to an activating group) is 1. The summed E-state index contributed by atoms with van der Waals surface area (Å²) in [5.74, 6) is 4.72. The number of amides is 2. The number of aryl methyl sites for hydroxylation is 2. The molecule has 6 N–H and O–H groups in total. The zero-order valence-electron chi connectivity index (χ0n) is 29.3. The number of hydrogen-bond donors (Lipinski definition) is 5. The number of aromatic hydroxyl groups is 1. The first-order valence-corrected chi connectivity index (χ1v) is 15.9. The van der Waals surface area contributed by atoms with Gasteiger partial charge in [0.2, 0.25) is 11.3 Å². The minimum atomic E-state index is -4.36. The van der Waals surface area contributed by atoms with E-state index in [0.717, 1.165) is 48.3 Å². The van der Waals surface area contributed by atoms with E-state index in [1.165, 1.54) is 13.0 Å². The third-order valence-electron chi connectivity index (χ3n) is 7.28. The fourth-order valence-corrected chi connectivity index (χ4v) is 4.53. The fourth-order valence-electron chi connectivity index (χ4n) is 4.53. The highest BCUT2D eigenvalue weighted by Gasteiger charge is 2.32. The molecule has 1 aliphatic rings. The van der Waals surface area contributed by atoms with Crippen molar-refractivity contribution in [2.24, 2.45) is 5.84 Å². The van der Waals surface area contributed by atoms with E-state index in [0.29, 0.717) is 43.1 Å². The third kappa shape index (κ3) is 12.0. The summed E-state index contributed by atoms with van der Waals surface area (Å²) in [6.45, 7) is 17.4. The Hall–Kier alpha value is -4.37. The molecule has 0 atom stereocenters. The maximum atomic E-state index is 12.4. The molecule has 268 valence electrons. The molecule has 0 unspecified atom stereocenters. The number of allylic oxidation sites excluding steroid dienone is 1. The average molecular weight is 681 g/mol. The van der Waals surface area contributed by atoms with Crippen LogP contribution in [0.2, 0.25) is 0 Å². The van der Waals surface area contributed by atoms with Crippen LogP contribution in [0.5, 0.6) is 5.75 Å². The lowest BCUT2D eigenvalue weighted by molar-refractivity contribution is -0.137. The topological polar surface area (TPSA) is 160 Å². The molecule has 2 heterocycles. The van der Waals surface area contributed by atoms with E-state index in [1.807, 2.05) is 25.7 Å². The van der Waals surface area contributed by atoms with Gasteiger partial charge in [-0.1, -0.05) is 40.7 Å². The molecule has 1 saturated heterocycles. The highest BCUT2D eigenvalue weighted by atomic mass is 19.4. The number of carbonyl (C=O) groups is 2. The monoisotopic (exact) mass is 680 g/mol. The molecule has 3 aromatic rings. The molecule has 15 heteroatoms. The molecule has 48 heavy (non-hydrogen) atoms. The van der Waals surface area contributed by atoms with Crippen molar-refractivity contribution >= 4 is 23.2 Å². The molecule has 0 aliphatic carbocycles. The standard InChI is InChI=1S/C14H18N4O3.C11H13F3N2O.C6H14N2.C2H6/c1-3-9-11(13(9)20)17-4-6-18(7-5-17)14(21)10-12(19)8(2)15-16-10;1-7-5-8(11(12,13)14)3-4-9(7)16-10(17)6-15-2;1-4-5-6(2)8(3)7;1-2/h19H,3-7H2,1-2H3,(H,15,16);3-5,15H,6H2,1-2H3,(H,16,17);2,4-5,7H2,1,3H3;1-2H3. The van der Waals surface area contributed by atoms with Crippen molar-refractivity contribution in [3.8, 4) is 5.75 Å². The minimum absolute atomic E-state index is 0.0872. The molecule has 0 bridgehead atoms. The normalized spacial score (nSPS) is 12.6. The quantitative estimate of drug-likeness (QED) is 0.162. The van der Waals surface area contributed by atoms with Gasteiger partial charge in [0.05, 0.1) is 17.8 Å². The lowest BCUT2D eigenvalue weighted by Crippen LogP contribution is -2.48. The summed E-state index contributed by atoms with van der Waals surface area (Å²) >= 11 is 0. The van der Waals surface area contributed by atoms with E-state index < -0.39 is 11.7 Å². The number of halogens is 3. The van der Waals surface area contributed by atoms with Gasteiger partial charge < -0.3 is 30.5 Å². The predicted octanol–water partition coefficient (Wildman–Crippen LogP) is 4.49. The second-order valence-electron chi connectivity index (χ2n) is 10.9. The largest absolute Gasteiger partial charge is 0.504 e. The van der Waals surface area contributed by atoms with Gasteiger partial charge >= 0.3 is 6.18 Å². The third-order valence-corrected chi connectivity index (χ3v) is 7.28. The van der Waals surface area contributed by atoms with Crippen LogP contribution in [0.25, 0.3) is 0 Å². The van der Waals surface area contributed by atoms with E-state index in [-0.39, 0.29) is 35.2 Å². The Morgan fingerprint density at radius 2 is 1.75 bits per heavy atom. The molecule has 0 saturated carbocycles. The van der Waals surface area contributed by atoms with Crippen LogP contribution >= 0.6 is 0 Å². The number of aromatic amines is 1. The van der Waals surface area contributed by atoms with Gasteiger partial charge in [-0.2, -0.15) is 18.3 Å². The first kappa shape index (κ1) is 41.7. The summed E-state index contributed by atoms with van der Waals surface area (Å²) in [6.07, 6.45) is -1.49. The summed E-state index contributed by atoms with van der Waals surface area (Å²) in [4.78, 5) is 38.9. The van der Waals surface area contributed by atoms with Crippen molar-refractivity contribution in [2.45, 2.75) is 67.0 Å². The highest BCUT2D eigenvalue weighted by Crippen LogP contribution is 2.31. The van der Waals surface area contributed by atoms with Crippen molar-refractivity contribution in [3.63, 3.8) is 0 Å². The lowest BCUT2D eigenvalue weighted by atomic mass is 10.1. The van der Waals surface area contributed by atoms with E-state index in [4.69, 9.17) is 5.84 Å². The number of aromatic nitrogens is 2. The van der Waals surface area contributed by atoms with E-state index in [2.05, 4.69) is 34.3 Å². The highest BCUT2D eigenvalue weighted by molar-refractivity contribution is 5.95. The number of hydrazine groups is 1. The van der Waals surface area contributed by atoms with Crippen LogP contribution < -0.4 is 26.8 Å². The molecule has 1 fully saturated rings. The molecule has 1 aliphatic heterocycles. The number of anilines is 2. The molecular formula is C33H51F3N8O4. The molecule has 0 spiro atoms. The summed E-state index contributed by atoms with van der Waals surface area (Å²) in [5, 5.41) is 22.9. The first-order valence-electron chi connectivity index (χ1n) is 15.9. The number of hydrogen-bond acceptors (Lipinski definition) is 9.